The molecule has 0 aliphatic rings. The Morgan fingerprint density at radius 1 is 0.778 bits per heavy atom. The summed E-state index contributed by atoms with van der Waals surface area (Å²) < 4.78 is 22.2. The summed E-state index contributed by atoms with van der Waals surface area (Å²) in [6, 6.07) is 28.7. The van der Waals surface area contributed by atoms with Gasteiger partial charge in [0.25, 0.3) is 0 Å². The predicted octanol–water partition coefficient (Wildman–Crippen LogP) is 6.87. The van der Waals surface area contributed by atoms with Gasteiger partial charge in [0, 0.05) is 6.07 Å². The largest absolute Gasteiger partial charge is 0.494 e. The standard InChI is InChI=1S/C30H22O6/c1-2-33-23-12-10-22(11-13-23)30(32)36-25-16-17-26-27(18-25)34-19-28(29(26)31)35-24-14-8-21(9-15-24)20-6-4-3-5-7-20/h3-19H,2H2,1H3. The molecule has 0 atom stereocenters. The maximum atomic E-state index is 13.0. The zero-order valence-corrected chi connectivity index (χ0v) is 19.5. The van der Waals surface area contributed by atoms with E-state index in [1.165, 1.54) is 12.3 Å². The number of hydrogen-bond donors (Lipinski definition) is 0. The van der Waals surface area contributed by atoms with Crippen LogP contribution in [-0.4, -0.2) is 12.6 Å². The van der Waals surface area contributed by atoms with Crippen LogP contribution < -0.4 is 19.6 Å². The molecule has 1 heterocycles. The second kappa shape index (κ2) is 10.2. The lowest BCUT2D eigenvalue weighted by Crippen LogP contribution is -2.09. The molecule has 36 heavy (non-hydrogen) atoms. The third-order valence-electron chi connectivity index (χ3n) is 5.52. The zero-order valence-electron chi connectivity index (χ0n) is 19.5. The molecule has 0 radical (unpaired) electrons. The maximum Gasteiger partial charge on any atom is 0.343 e. The lowest BCUT2D eigenvalue weighted by molar-refractivity contribution is 0.0735. The Hall–Kier alpha value is -4.84. The Labute approximate surface area is 207 Å². The summed E-state index contributed by atoms with van der Waals surface area (Å²) in [5.74, 6) is 0.983. The van der Waals surface area contributed by atoms with E-state index in [1.807, 2.05) is 49.4 Å². The van der Waals surface area contributed by atoms with Crippen LogP contribution in [0.2, 0.25) is 0 Å². The minimum Gasteiger partial charge on any atom is -0.494 e. The summed E-state index contributed by atoms with van der Waals surface area (Å²) in [5.41, 5.74) is 2.47. The van der Waals surface area contributed by atoms with Gasteiger partial charge >= 0.3 is 5.97 Å². The van der Waals surface area contributed by atoms with E-state index < -0.39 is 5.97 Å². The van der Waals surface area contributed by atoms with Crippen molar-refractivity contribution in [2.75, 3.05) is 6.61 Å². The number of ether oxygens (including phenoxy) is 3. The van der Waals surface area contributed by atoms with Crippen LogP contribution in [0.25, 0.3) is 22.1 Å². The van der Waals surface area contributed by atoms with Crippen LogP contribution in [0.5, 0.6) is 23.0 Å². The molecule has 1 aromatic heterocycles. The van der Waals surface area contributed by atoms with Crippen molar-refractivity contribution in [3.05, 3.63) is 119 Å². The van der Waals surface area contributed by atoms with Crippen molar-refractivity contribution in [3.63, 3.8) is 0 Å². The highest BCUT2D eigenvalue weighted by Crippen LogP contribution is 2.27. The van der Waals surface area contributed by atoms with Crippen LogP contribution >= 0.6 is 0 Å². The minimum atomic E-state index is -0.529. The van der Waals surface area contributed by atoms with Gasteiger partial charge in [0.1, 0.15) is 29.1 Å². The van der Waals surface area contributed by atoms with Crippen LogP contribution in [0.1, 0.15) is 17.3 Å². The average Bonchev–Trinajstić information content (AvgIpc) is 2.92. The molecule has 0 fully saturated rings. The molecule has 178 valence electrons. The molecule has 4 aromatic carbocycles. The molecule has 5 rings (SSSR count). The van der Waals surface area contributed by atoms with Gasteiger partial charge in [-0.3, -0.25) is 4.79 Å². The summed E-state index contributed by atoms with van der Waals surface area (Å²) in [6.07, 6.45) is 1.26. The van der Waals surface area contributed by atoms with Crippen molar-refractivity contribution in [2.24, 2.45) is 0 Å². The monoisotopic (exact) mass is 478 g/mol. The van der Waals surface area contributed by atoms with E-state index in [-0.39, 0.29) is 22.5 Å². The van der Waals surface area contributed by atoms with Crippen molar-refractivity contribution in [1.82, 2.24) is 0 Å². The molecule has 0 saturated heterocycles. The van der Waals surface area contributed by atoms with Crippen LogP contribution in [0.3, 0.4) is 0 Å². The number of fused-ring (bicyclic) bond motifs is 1. The molecule has 0 unspecified atom stereocenters. The second-order valence-electron chi connectivity index (χ2n) is 7.93. The van der Waals surface area contributed by atoms with E-state index >= 15 is 0 Å². The number of benzene rings is 4. The first-order valence-electron chi connectivity index (χ1n) is 11.4. The maximum absolute atomic E-state index is 13.0. The molecule has 6 heteroatoms. The van der Waals surface area contributed by atoms with Gasteiger partial charge in [-0.2, -0.15) is 0 Å². The Bertz CT molecular complexity index is 1550. The highest BCUT2D eigenvalue weighted by Gasteiger charge is 2.13. The molecule has 0 saturated carbocycles. The fourth-order valence-corrected chi connectivity index (χ4v) is 3.72. The third kappa shape index (κ3) is 4.98. The van der Waals surface area contributed by atoms with Gasteiger partial charge in [0.2, 0.25) is 11.2 Å². The molecule has 0 bridgehead atoms. The van der Waals surface area contributed by atoms with Gasteiger partial charge in [-0.15, -0.1) is 0 Å². The number of rotatable bonds is 7. The Morgan fingerprint density at radius 3 is 2.17 bits per heavy atom. The summed E-state index contributed by atoms with van der Waals surface area (Å²) in [6.45, 7) is 2.43. The van der Waals surface area contributed by atoms with Crippen molar-refractivity contribution in [1.29, 1.82) is 0 Å². The van der Waals surface area contributed by atoms with Gasteiger partial charge in [-0.05, 0) is 66.6 Å². The number of carbonyl (C=O) groups excluding carboxylic acids is 1. The molecule has 5 aromatic rings. The predicted molar refractivity (Wildman–Crippen MR) is 137 cm³/mol. The molecule has 0 aliphatic heterocycles. The molecular weight excluding hydrogens is 456 g/mol. The Balaban J connectivity index is 1.31. The lowest BCUT2D eigenvalue weighted by Gasteiger charge is -2.08. The number of carbonyl (C=O) groups is 1. The first-order valence-corrected chi connectivity index (χ1v) is 11.4. The molecule has 0 spiro atoms. The third-order valence-corrected chi connectivity index (χ3v) is 5.52. The Kier molecular flexibility index (Phi) is 6.49. The SMILES string of the molecule is CCOc1ccc(C(=O)Oc2ccc3c(=O)c(Oc4ccc(-c5ccccc5)cc4)coc3c2)cc1. The van der Waals surface area contributed by atoms with Gasteiger partial charge < -0.3 is 18.6 Å². The van der Waals surface area contributed by atoms with Crippen LogP contribution in [-0.2, 0) is 0 Å². The first kappa shape index (κ1) is 22.9. The van der Waals surface area contributed by atoms with E-state index in [0.29, 0.717) is 29.1 Å². The van der Waals surface area contributed by atoms with Gasteiger partial charge in [-0.1, -0.05) is 42.5 Å². The number of hydrogen-bond acceptors (Lipinski definition) is 6. The fraction of sp³-hybridized carbons (Fsp3) is 0.0667. The first-order chi connectivity index (χ1) is 17.6. The van der Waals surface area contributed by atoms with E-state index in [4.69, 9.17) is 18.6 Å². The molecule has 6 nitrogen and oxygen atoms in total. The quantitative estimate of drug-likeness (QED) is 0.188. The highest BCUT2D eigenvalue weighted by atomic mass is 16.5. The van der Waals surface area contributed by atoms with Crippen molar-refractivity contribution >= 4 is 16.9 Å². The van der Waals surface area contributed by atoms with E-state index in [1.54, 1.807) is 48.5 Å². The average molecular weight is 479 g/mol. The molecule has 0 aliphatic carbocycles. The van der Waals surface area contributed by atoms with Crippen molar-refractivity contribution in [3.8, 4) is 34.1 Å². The zero-order chi connectivity index (χ0) is 24.9. The van der Waals surface area contributed by atoms with Crippen LogP contribution in [0.15, 0.2) is 113 Å². The van der Waals surface area contributed by atoms with Crippen LogP contribution in [0, 0.1) is 0 Å². The Morgan fingerprint density at radius 2 is 1.44 bits per heavy atom. The summed E-state index contributed by atoms with van der Waals surface area (Å²) in [5, 5.41) is 0.314. The second-order valence-corrected chi connectivity index (χ2v) is 7.93. The van der Waals surface area contributed by atoms with Gasteiger partial charge in [0.05, 0.1) is 17.6 Å². The minimum absolute atomic E-state index is 0.0640. The fourth-order valence-electron chi connectivity index (χ4n) is 3.72. The topological polar surface area (TPSA) is 75.0 Å². The number of esters is 1. The molecular formula is C30H22O6. The highest BCUT2D eigenvalue weighted by molar-refractivity contribution is 5.91. The summed E-state index contributed by atoms with van der Waals surface area (Å²) in [4.78, 5) is 25.4. The normalized spacial score (nSPS) is 10.7. The van der Waals surface area contributed by atoms with E-state index in [9.17, 15) is 9.59 Å². The molecule has 0 N–H and O–H groups in total. The van der Waals surface area contributed by atoms with Gasteiger partial charge in [-0.25, -0.2) is 4.79 Å². The summed E-state index contributed by atoms with van der Waals surface area (Å²) in [7, 11) is 0. The summed E-state index contributed by atoms with van der Waals surface area (Å²) >= 11 is 0. The van der Waals surface area contributed by atoms with Crippen molar-refractivity contribution < 1.29 is 23.4 Å². The van der Waals surface area contributed by atoms with Crippen LogP contribution in [0.4, 0.5) is 0 Å². The van der Waals surface area contributed by atoms with Crippen molar-refractivity contribution in [2.45, 2.75) is 6.92 Å². The lowest BCUT2D eigenvalue weighted by atomic mass is 10.1. The van der Waals surface area contributed by atoms with E-state index in [0.717, 1.165) is 11.1 Å². The smallest absolute Gasteiger partial charge is 0.343 e. The van der Waals surface area contributed by atoms with Gasteiger partial charge in [0.15, 0.2) is 0 Å². The molecule has 0 amide bonds. The van der Waals surface area contributed by atoms with E-state index in [2.05, 4.69) is 0 Å².